The van der Waals surface area contributed by atoms with E-state index in [1.54, 1.807) is 17.5 Å². The van der Waals surface area contributed by atoms with E-state index in [9.17, 15) is 15.0 Å². The number of aromatic hydroxyl groups is 2. The summed E-state index contributed by atoms with van der Waals surface area (Å²) in [5.74, 6) is -1.25. The van der Waals surface area contributed by atoms with Crippen LogP contribution in [0.3, 0.4) is 0 Å². The summed E-state index contributed by atoms with van der Waals surface area (Å²) in [4.78, 5) is 12.5. The number of thiophene rings is 1. The molecule has 1 aromatic heterocycles. The number of carbonyl (C=O) groups excluding carboxylic acids is 1. The van der Waals surface area contributed by atoms with Crippen molar-refractivity contribution in [1.29, 1.82) is 5.26 Å². The van der Waals surface area contributed by atoms with E-state index in [1.807, 2.05) is 6.07 Å². The Labute approximate surface area is 123 Å². The summed E-state index contributed by atoms with van der Waals surface area (Å²) >= 11 is 6.96. The molecule has 0 spiro atoms. The predicted octanol–water partition coefficient (Wildman–Crippen LogP) is 3.60. The van der Waals surface area contributed by atoms with Crippen molar-refractivity contribution in [3.63, 3.8) is 0 Å². The van der Waals surface area contributed by atoms with Crippen LogP contribution in [0, 0.1) is 11.3 Å². The monoisotopic (exact) mass is 305 g/mol. The van der Waals surface area contributed by atoms with E-state index in [0.29, 0.717) is 10.4 Å². The first-order valence-corrected chi connectivity index (χ1v) is 6.70. The van der Waals surface area contributed by atoms with Crippen LogP contribution in [0.2, 0.25) is 5.02 Å². The van der Waals surface area contributed by atoms with Gasteiger partial charge >= 0.3 is 0 Å². The van der Waals surface area contributed by atoms with Gasteiger partial charge in [0.2, 0.25) is 5.78 Å². The Hall–Kier alpha value is -2.29. The zero-order chi connectivity index (χ0) is 14.7. The van der Waals surface area contributed by atoms with Gasteiger partial charge in [-0.3, -0.25) is 4.79 Å². The Morgan fingerprint density at radius 2 is 2.15 bits per heavy atom. The molecule has 1 heterocycles. The van der Waals surface area contributed by atoms with Crippen molar-refractivity contribution in [3.8, 4) is 17.6 Å². The van der Waals surface area contributed by atoms with E-state index in [2.05, 4.69) is 0 Å². The van der Waals surface area contributed by atoms with Gasteiger partial charge < -0.3 is 10.2 Å². The number of hydrogen-bond donors (Lipinski definition) is 2. The molecule has 0 fully saturated rings. The largest absolute Gasteiger partial charge is 0.504 e. The van der Waals surface area contributed by atoms with Crippen LogP contribution in [0.1, 0.15) is 15.2 Å². The Balaban J connectivity index is 2.42. The minimum atomic E-state index is -0.438. The number of halogens is 1. The second-order valence-corrected chi connectivity index (χ2v) is 5.20. The van der Waals surface area contributed by atoms with Crippen LogP contribution in [0.4, 0.5) is 0 Å². The van der Waals surface area contributed by atoms with Crippen molar-refractivity contribution < 1.29 is 15.0 Å². The Bertz CT molecular complexity index is 706. The quantitative estimate of drug-likeness (QED) is 0.393. The number of allylic oxidation sites excluding steroid dienone is 1. The van der Waals surface area contributed by atoms with Gasteiger partial charge in [0.25, 0.3) is 0 Å². The molecule has 1 aromatic carbocycles. The summed E-state index contributed by atoms with van der Waals surface area (Å²) < 4.78 is 0. The number of ketones is 1. The molecule has 0 unspecified atom stereocenters. The highest BCUT2D eigenvalue weighted by atomic mass is 35.5. The fraction of sp³-hybridized carbons (Fsp3) is 0. The lowest BCUT2D eigenvalue weighted by Gasteiger charge is -2.02. The SMILES string of the molecule is N#C/C(=C\c1cc(O)c(O)c(Cl)c1)C(=O)c1cccs1. The third-order valence-corrected chi connectivity index (χ3v) is 3.64. The van der Waals surface area contributed by atoms with Gasteiger partial charge in [0, 0.05) is 0 Å². The normalized spacial score (nSPS) is 11.1. The molecular weight excluding hydrogens is 298 g/mol. The lowest BCUT2D eigenvalue weighted by Crippen LogP contribution is -1.98. The minimum absolute atomic E-state index is 0.0582. The fourth-order valence-electron chi connectivity index (χ4n) is 1.54. The topological polar surface area (TPSA) is 81.3 Å². The molecule has 100 valence electrons. The molecule has 0 amide bonds. The summed E-state index contributed by atoms with van der Waals surface area (Å²) in [6.07, 6.45) is 1.31. The van der Waals surface area contributed by atoms with Crippen molar-refractivity contribution in [3.05, 3.63) is 50.7 Å². The average molecular weight is 306 g/mol. The van der Waals surface area contributed by atoms with E-state index in [1.165, 1.54) is 29.5 Å². The van der Waals surface area contributed by atoms with Crippen molar-refractivity contribution in [2.24, 2.45) is 0 Å². The third kappa shape index (κ3) is 2.82. The van der Waals surface area contributed by atoms with E-state index < -0.39 is 17.3 Å². The molecule has 4 nitrogen and oxygen atoms in total. The highest BCUT2D eigenvalue weighted by molar-refractivity contribution is 7.12. The van der Waals surface area contributed by atoms with E-state index in [4.69, 9.17) is 16.9 Å². The second-order valence-electron chi connectivity index (χ2n) is 3.85. The zero-order valence-electron chi connectivity index (χ0n) is 10.0. The summed E-state index contributed by atoms with van der Waals surface area (Å²) in [5.41, 5.74) is 0.278. The maximum atomic E-state index is 12.1. The highest BCUT2D eigenvalue weighted by Gasteiger charge is 2.14. The second kappa shape index (κ2) is 5.78. The summed E-state index contributed by atoms with van der Waals surface area (Å²) in [7, 11) is 0. The molecular formula is C14H8ClNO3S. The Morgan fingerprint density at radius 1 is 1.40 bits per heavy atom. The fourth-order valence-corrected chi connectivity index (χ4v) is 2.44. The van der Waals surface area contributed by atoms with Gasteiger partial charge in [0.1, 0.15) is 11.6 Å². The number of carbonyl (C=O) groups is 1. The summed E-state index contributed by atoms with van der Waals surface area (Å²) in [6.45, 7) is 0. The van der Waals surface area contributed by atoms with Gasteiger partial charge in [-0.05, 0) is 35.2 Å². The first kappa shape index (κ1) is 14.1. The van der Waals surface area contributed by atoms with Gasteiger partial charge in [0.05, 0.1) is 9.90 Å². The van der Waals surface area contributed by atoms with Gasteiger partial charge in [-0.15, -0.1) is 11.3 Å². The van der Waals surface area contributed by atoms with Gasteiger partial charge in [-0.25, -0.2) is 0 Å². The molecule has 20 heavy (non-hydrogen) atoms. The first-order chi connectivity index (χ1) is 9.52. The molecule has 0 saturated carbocycles. The van der Waals surface area contributed by atoms with E-state index in [-0.39, 0.29) is 10.6 Å². The van der Waals surface area contributed by atoms with Crippen LogP contribution < -0.4 is 0 Å². The van der Waals surface area contributed by atoms with E-state index in [0.717, 1.165) is 0 Å². The standard InChI is InChI=1S/C14H8ClNO3S/c15-10-5-8(6-11(17)14(10)19)4-9(7-16)13(18)12-2-1-3-20-12/h1-6,17,19H/b9-4+. The van der Waals surface area contributed by atoms with Crippen LogP contribution in [0.5, 0.6) is 11.5 Å². The maximum Gasteiger partial charge on any atom is 0.213 e. The number of phenolic OH excluding ortho intramolecular Hbond substituents is 2. The van der Waals surface area contributed by atoms with Crippen LogP contribution in [-0.4, -0.2) is 16.0 Å². The average Bonchev–Trinajstić information content (AvgIpc) is 2.95. The van der Waals surface area contributed by atoms with Gasteiger partial charge in [-0.2, -0.15) is 5.26 Å². The summed E-state index contributed by atoms with van der Waals surface area (Å²) in [6, 6.07) is 7.75. The molecule has 0 saturated heterocycles. The van der Waals surface area contributed by atoms with Crippen LogP contribution in [0.25, 0.3) is 6.08 Å². The van der Waals surface area contributed by atoms with Crippen molar-refractivity contribution in [1.82, 2.24) is 0 Å². The number of nitrogens with zero attached hydrogens (tertiary/aromatic N) is 1. The van der Waals surface area contributed by atoms with Crippen molar-refractivity contribution in [2.45, 2.75) is 0 Å². The number of rotatable bonds is 3. The highest BCUT2D eigenvalue weighted by Crippen LogP contribution is 2.34. The molecule has 0 bridgehead atoms. The van der Waals surface area contributed by atoms with E-state index >= 15 is 0 Å². The van der Waals surface area contributed by atoms with Crippen molar-refractivity contribution >= 4 is 34.8 Å². The van der Waals surface area contributed by atoms with Gasteiger partial charge in [-0.1, -0.05) is 17.7 Å². The molecule has 2 N–H and O–H groups in total. The molecule has 0 atom stereocenters. The lowest BCUT2D eigenvalue weighted by atomic mass is 10.1. The molecule has 6 heteroatoms. The third-order valence-electron chi connectivity index (χ3n) is 2.49. The van der Waals surface area contributed by atoms with Crippen molar-refractivity contribution in [2.75, 3.05) is 0 Å². The zero-order valence-corrected chi connectivity index (χ0v) is 11.6. The number of phenols is 2. The molecule has 0 radical (unpaired) electrons. The smallest absolute Gasteiger partial charge is 0.213 e. The number of benzene rings is 1. The van der Waals surface area contributed by atoms with Crippen LogP contribution in [-0.2, 0) is 0 Å². The Kier molecular flexibility index (Phi) is 4.08. The molecule has 0 aliphatic heterocycles. The maximum absolute atomic E-state index is 12.1. The number of hydrogen-bond acceptors (Lipinski definition) is 5. The first-order valence-electron chi connectivity index (χ1n) is 5.44. The summed E-state index contributed by atoms with van der Waals surface area (Å²) in [5, 5.41) is 29.6. The molecule has 2 aromatic rings. The van der Waals surface area contributed by atoms with Gasteiger partial charge in [0.15, 0.2) is 11.5 Å². The number of Topliss-reactive ketones (excluding diaryl/α,β-unsaturated/α-hetero) is 1. The molecule has 0 aliphatic rings. The molecule has 0 aliphatic carbocycles. The lowest BCUT2D eigenvalue weighted by molar-refractivity contribution is 0.104. The Morgan fingerprint density at radius 3 is 2.70 bits per heavy atom. The van der Waals surface area contributed by atoms with Crippen LogP contribution in [0.15, 0.2) is 35.2 Å². The minimum Gasteiger partial charge on any atom is -0.504 e. The number of nitriles is 1. The predicted molar refractivity (Wildman–Crippen MR) is 77.0 cm³/mol. The van der Waals surface area contributed by atoms with Crippen LogP contribution >= 0.6 is 22.9 Å². The molecule has 2 rings (SSSR count).